The molecule has 0 fully saturated rings. The molecule has 1 aromatic rings. The number of nitrogens with two attached hydrogens (primary N) is 1. The molecule has 0 saturated heterocycles. The molecular weight excluding hydrogens is 154 g/mol. The van der Waals surface area contributed by atoms with Crippen LogP contribution in [0.4, 0.5) is 5.82 Å². The van der Waals surface area contributed by atoms with Crippen LogP contribution in [0.2, 0.25) is 0 Å². The van der Waals surface area contributed by atoms with Gasteiger partial charge >= 0.3 is 0 Å². The topological polar surface area (TPSA) is 79.4 Å². The number of aliphatic imine (C=N–C) groups is 2. The lowest BCUT2D eigenvalue weighted by atomic mass is 10.2. The Morgan fingerprint density at radius 1 is 1.67 bits per heavy atom. The van der Waals surface area contributed by atoms with Crippen LogP contribution < -0.4 is 5.73 Å². The smallest absolute Gasteiger partial charge is 0.184 e. The van der Waals surface area contributed by atoms with Gasteiger partial charge in [-0.2, -0.15) is 5.10 Å². The Kier molecular flexibility index (Phi) is 2.23. The van der Waals surface area contributed by atoms with Crippen LogP contribution in [0, 0.1) is 6.92 Å². The summed E-state index contributed by atoms with van der Waals surface area (Å²) in [5.74, 6) is 0.916. The van der Waals surface area contributed by atoms with E-state index < -0.39 is 0 Å². The summed E-state index contributed by atoms with van der Waals surface area (Å²) in [7, 11) is 1.62. The van der Waals surface area contributed by atoms with Crippen LogP contribution in [-0.2, 0) is 0 Å². The van der Waals surface area contributed by atoms with Gasteiger partial charge in [-0.1, -0.05) is 0 Å². The Morgan fingerprint density at radius 3 is 2.83 bits per heavy atom. The summed E-state index contributed by atoms with van der Waals surface area (Å²) in [6.07, 6.45) is 0. The quantitative estimate of drug-likeness (QED) is 0.491. The highest BCUT2D eigenvalue weighted by molar-refractivity contribution is 6.02. The highest BCUT2D eigenvalue weighted by Gasteiger charge is 2.11. The van der Waals surface area contributed by atoms with Crippen LogP contribution in [0.5, 0.6) is 0 Å². The normalized spacial score (nSPS) is 11.7. The molecular formula is C7H11N5. The molecule has 0 spiro atoms. The van der Waals surface area contributed by atoms with Gasteiger partial charge in [0.2, 0.25) is 0 Å². The van der Waals surface area contributed by atoms with Gasteiger partial charge in [-0.3, -0.25) is 10.1 Å². The molecule has 0 aliphatic heterocycles. The van der Waals surface area contributed by atoms with Crippen molar-refractivity contribution in [3.8, 4) is 0 Å². The maximum Gasteiger partial charge on any atom is 0.184 e. The molecule has 1 rings (SSSR count). The van der Waals surface area contributed by atoms with Crippen molar-refractivity contribution >= 4 is 18.4 Å². The van der Waals surface area contributed by atoms with Gasteiger partial charge < -0.3 is 5.73 Å². The highest BCUT2D eigenvalue weighted by Crippen LogP contribution is 2.17. The van der Waals surface area contributed by atoms with E-state index in [0.29, 0.717) is 11.7 Å². The van der Waals surface area contributed by atoms with Crippen molar-refractivity contribution < 1.29 is 0 Å². The van der Waals surface area contributed by atoms with Crippen LogP contribution >= 0.6 is 0 Å². The molecule has 0 radical (unpaired) electrons. The number of aryl methyl sites for hydroxylation is 1. The molecule has 1 aromatic heterocycles. The average Bonchev–Trinajstić information content (AvgIpc) is 2.45. The maximum absolute atomic E-state index is 5.62. The lowest BCUT2D eigenvalue weighted by molar-refractivity contribution is 1.04. The van der Waals surface area contributed by atoms with Crippen molar-refractivity contribution in [2.45, 2.75) is 6.92 Å². The summed E-state index contributed by atoms with van der Waals surface area (Å²) < 4.78 is 0. The van der Waals surface area contributed by atoms with Gasteiger partial charge in [0.1, 0.15) is 5.84 Å². The summed E-state index contributed by atoms with van der Waals surface area (Å²) in [4.78, 5) is 7.55. The molecule has 1 heterocycles. The number of aromatic nitrogens is 2. The molecule has 0 aliphatic carbocycles. The van der Waals surface area contributed by atoms with Crippen molar-refractivity contribution in [1.29, 1.82) is 0 Å². The first kappa shape index (κ1) is 8.45. The minimum Gasteiger partial charge on any atom is -0.383 e. The molecule has 3 N–H and O–H groups in total. The lowest BCUT2D eigenvalue weighted by Gasteiger charge is -1.96. The minimum absolute atomic E-state index is 0.420. The second kappa shape index (κ2) is 3.17. The van der Waals surface area contributed by atoms with E-state index in [9.17, 15) is 0 Å². The Labute approximate surface area is 70.4 Å². The number of hydrogen-bond acceptors (Lipinski definition) is 3. The second-order valence-corrected chi connectivity index (χ2v) is 2.31. The first-order valence-corrected chi connectivity index (χ1v) is 3.45. The summed E-state index contributed by atoms with van der Waals surface area (Å²) in [5, 5.41) is 6.65. The monoisotopic (exact) mass is 165 g/mol. The van der Waals surface area contributed by atoms with E-state index in [1.807, 2.05) is 6.92 Å². The van der Waals surface area contributed by atoms with E-state index in [0.717, 1.165) is 11.3 Å². The molecule has 5 heteroatoms. The predicted molar refractivity (Wildman–Crippen MR) is 49.2 cm³/mol. The Hall–Kier alpha value is -1.65. The minimum atomic E-state index is 0.420. The third-order valence-corrected chi connectivity index (χ3v) is 1.57. The second-order valence-electron chi connectivity index (χ2n) is 2.31. The van der Waals surface area contributed by atoms with E-state index in [1.165, 1.54) is 0 Å². The fourth-order valence-electron chi connectivity index (χ4n) is 0.949. The van der Waals surface area contributed by atoms with Gasteiger partial charge in [0.05, 0.1) is 5.56 Å². The largest absolute Gasteiger partial charge is 0.383 e. The average molecular weight is 165 g/mol. The zero-order chi connectivity index (χ0) is 9.14. The van der Waals surface area contributed by atoms with E-state index in [4.69, 9.17) is 5.73 Å². The number of aromatic amines is 1. The Bertz CT molecular complexity index is 323. The number of hydrogen-bond donors (Lipinski definition) is 2. The van der Waals surface area contributed by atoms with Gasteiger partial charge in [-0.15, -0.1) is 0 Å². The molecule has 5 nitrogen and oxygen atoms in total. The predicted octanol–water partition coefficient (Wildman–Crippen LogP) is 0.385. The Morgan fingerprint density at radius 2 is 2.33 bits per heavy atom. The van der Waals surface area contributed by atoms with Crippen molar-refractivity contribution in [3.63, 3.8) is 0 Å². The van der Waals surface area contributed by atoms with Crippen LogP contribution in [0.3, 0.4) is 0 Å². The van der Waals surface area contributed by atoms with Crippen LogP contribution in [0.1, 0.15) is 11.3 Å². The molecule has 0 saturated carbocycles. The number of amidine groups is 1. The number of H-pyrrole nitrogens is 1. The van der Waals surface area contributed by atoms with Crippen LogP contribution in [0.15, 0.2) is 9.98 Å². The van der Waals surface area contributed by atoms with E-state index >= 15 is 0 Å². The Balaban J connectivity index is 3.28. The zero-order valence-corrected chi connectivity index (χ0v) is 7.13. The third-order valence-electron chi connectivity index (χ3n) is 1.57. The van der Waals surface area contributed by atoms with Gasteiger partial charge in [0.25, 0.3) is 0 Å². The van der Waals surface area contributed by atoms with Gasteiger partial charge in [-0.25, -0.2) is 4.99 Å². The summed E-state index contributed by atoms with van der Waals surface area (Å²) in [6, 6.07) is 0. The molecule has 12 heavy (non-hydrogen) atoms. The fraction of sp³-hybridized carbons (Fsp3) is 0.286. The number of nitrogens with zero attached hydrogens (tertiary/aromatic N) is 3. The highest BCUT2D eigenvalue weighted by atomic mass is 15.2. The summed E-state index contributed by atoms with van der Waals surface area (Å²) >= 11 is 0. The van der Waals surface area contributed by atoms with Crippen molar-refractivity contribution in [2.24, 2.45) is 15.7 Å². The van der Waals surface area contributed by atoms with Gasteiger partial charge in [-0.05, 0) is 13.6 Å². The van der Waals surface area contributed by atoms with E-state index in [2.05, 4.69) is 26.9 Å². The van der Waals surface area contributed by atoms with Crippen LogP contribution in [0.25, 0.3) is 0 Å². The maximum atomic E-state index is 5.62. The van der Waals surface area contributed by atoms with Crippen molar-refractivity contribution in [3.05, 3.63) is 11.3 Å². The van der Waals surface area contributed by atoms with Crippen molar-refractivity contribution in [2.75, 3.05) is 7.05 Å². The van der Waals surface area contributed by atoms with E-state index in [-0.39, 0.29) is 0 Å². The zero-order valence-electron chi connectivity index (χ0n) is 7.13. The molecule has 0 amide bonds. The number of rotatable bonds is 2. The first-order valence-electron chi connectivity index (χ1n) is 3.45. The summed E-state index contributed by atoms with van der Waals surface area (Å²) in [6.45, 7) is 5.23. The third kappa shape index (κ3) is 1.20. The molecule has 0 unspecified atom stereocenters. The molecule has 0 bridgehead atoms. The van der Waals surface area contributed by atoms with E-state index in [1.54, 1.807) is 7.05 Å². The summed E-state index contributed by atoms with van der Waals surface area (Å²) in [5.41, 5.74) is 7.20. The molecule has 0 aliphatic rings. The van der Waals surface area contributed by atoms with Gasteiger partial charge in [0, 0.05) is 12.7 Å². The van der Waals surface area contributed by atoms with Gasteiger partial charge in [0.15, 0.2) is 5.82 Å². The lowest BCUT2D eigenvalue weighted by Crippen LogP contribution is -2.13. The van der Waals surface area contributed by atoms with Crippen molar-refractivity contribution in [1.82, 2.24) is 10.2 Å². The molecule has 0 atom stereocenters. The molecule has 64 valence electrons. The molecule has 0 aromatic carbocycles. The number of nitrogens with one attached hydrogen (secondary N) is 1. The standard InChI is InChI=1S/C7H11N5/c1-4-5(6(8)9-2)7(10-3)12-11-4/h3H2,1-2H3,(H2,8,9)(H,11,12). The van der Waals surface area contributed by atoms with Crippen LogP contribution in [-0.4, -0.2) is 29.8 Å². The SMILES string of the molecule is C=Nc1n[nH]c(C)c1C(N)=NC. The fourth-order valence-corrected chi connectivity index (χ4v) is 0.949. The first-order chi connectivity index (χ1) is 5.70.